The highest BCUT2D eigenvalue weighted by Gasteiger charge is 2.36. The molecule has 1 aromatic carbocycles. The van der Waals surface area contributed by atoms with Crippen LogP contribution in [0.3, 0.4) is 0 Å². The van der Waals surface area contributed by atoms with Crippen molar-refractivity contribution in [2.75, 3.05) is 0 Å². The van der Waals surface area contributed by atoms with Gasteiger partial charge in [0.2, 0.25) is 0 Å². The molecule has 0 heterocycles. The first-order chi connectivity index (χ1) is 6.79. The molecule has 0 spiro atoms. The summed E-state index contributed by atoms with van der Waals surface area (Å²) in [6, 6.07) is 8.50. The maximum atomic E-state index is 5.36. The molecule has 1 heteroatoms. The molecule has 0 nitrogen and oxygen atoms in total. The van der Waals surface area contributed by atoms with E-state index >= 15 is 0 Å². The monoisotopic (exact) mass is 216 g/mol. The number of hydrogen-bond donors (Lipinski definition) is 0. The summed E-state index contributed by atoms with van der Waals surface area (Å²) < 4.78 is 0. The maximum absolute atomic E-state index is 5.36. The van der Waals surface area contributed by atoms with E-state index in [1.54, 1.807) is 0 Å². The second-order valence-corrected chi connectivity index (χ2v) is 10.9. The Bertz CT molecular complexity index is 371. The third-order valence-corrected chi connectivity index (χ3v) is 9.17. The molecule has 0 aromatic heterocycles. The van der Waals surface area contributed by atoms with Gasteiger partial charge in [0.1, 0.15) is 0 Å². The molecule has 0 saturated carbocycles. The van der Waals surface area contributed by atoms with Crippen LogP contribution in [0.25, 0.3) is 0 Å². The smallest absolute Gasteiger partial charge is 0.0859 e. The largest absolute Gasteiger partial charge is 0.115 e. The lowest BCUT2D eigenvalue weighted by molar-refractivity contribution is 0.729. The number of hydrogen-bond acceptors (Lipinski definition) is 0. The lowest BCUT2D eigenvalue weighted by atomic mass is 10.2. The van der Waals surface area contributed by atoms with Crippen LogP contribution in [-0.2, 0) is 0 Å². The van der Waals surface area contributed by atoms with Crippen LogP contribution in [0.1, 0.15) is 26.3 Å². The zero-order chi connectivity index (χ0) is 11.7. The van der Waals surface area contributed by atoms with Gasteiger partial charge in [0.15, 0.2) is 0 Å². The molecule has 0 aliphatic rings. The minimum absolute atomic E-state index is 0.380. The van der Waals surface area contributed by atoms with Crippen LogP contribution in [0.5, 0.6) is 0 Å². The van der Waals surface area contributed by atoms with E-state index in [9.17, 15) is 0 Å². The Hall–Kier alpha value is -1.00. The first kappa shape index (κ1) is 12.1. The SMILES string of the molecule is C#Cc1ccc([Si](C)(C)C(C)(C)C)cc1. The summed E-state index contributed by atoms with van der Waals surface area (Å²) in [4.78, 5) is 0. The second kappa shape index (κ2) is 3.87. The van der Waals surface area contributed by atoms with Crippen molar-refractivity contribution in [3.63, 3.8) is 0 Å². The standard InChI is InChI=1S/C14H20Si/c1-7-12-8-10-13(11-9-12)15(5,6)14(2,3)4/h1,8-11H,2-6H3. The summed E-state index contributed by atoms with van der Waals surface area (Å²) in [6.45, 7) is 11.8. The first-order valence-corrected chi connectivity index (χ1v) is 8.36. The average Bonchev–Trinajstić information content (AvgIpc) is 2.16. The molecule has 0 radical (unpaired) electrons. The minimum Gasteiger partial charge on any atom is -0.115 e. The van der Waals surface area contributed by atoms with Crippen molar-refractivity contribution in [1.82, 2.24) is 0 Å². The summed E-state index contributed by atoms with van der Waals surface area (Å²) in [5.74, 6) is 2.66. The van der Waals surface area contributed by atoms with Crippen LogP contribution in [0.15, 0.2) is 24.3 Å². The zero-order valence-corrected chi connectivity index (χ0v) is 11.4. The van der Waals surface area contributed by atoms with Crippen LogP contribution in [0, 0.1) is 12.3 Å². The molecule has 0 fully saturated rings. The van der Waals surface area contributed by atoms with Crippen LogP contribution < -0.4 is 5.19 Å². The predicted octanol–water partition coefficient (Wildman–Crippen LogP) is 3.38. The quantitative estimate of drug-likeness (QED) is 0.499. The molecule has 80 valence electrons. The summed E-state index contributed by atoms with van der Waals surface area (Å²) >= 11 is 0. The Labute approximate surface area is 94.7 Å². The van der Waals surface area contributed by atoms with E-state index < -0.39 is 8.07 Å². The van der Waals surface area contributed by atoms with Gasteiger partial charge in [0.25, 0.3) is 0 Å². The molecule has 0 bridgehead atoms. The van der Waals surface area contributed by atoms with E-state index in [0.29, 0.717) is 5.04 Å². The zero-order valence-electron chi connectivity index (χ0n) is 10.4. The fourth-order valence-electron chi connectivity index (χ4n) is 1.42. The molecule has 15 heavy (non-hydrogen) atoms. The highest BCUT2D eigenvalue weighted by molar-refractivity contribution is 6.92. The van der Waals surface area contributed by atoms with Gasteiger partial charge >= 0.3 is 0 Å². The van der Waals surface area contributed by atoms with Gasteiger partial charge in [-0.3, -0.25) is 0 Å². The molecule has 0 N–H and O–H groups in total. The van der Waals surface area contributed by atoms with Crippen molar-refractivity contribution in [2.45, 2.75) is 38.9 Å². The lowest BCUT2D eigenvalue weighted by Crippen LogP contribution is -2.49. The highest BCUT2D eigenvalue weighted by atomic mass is 28.3. The van der Waals surface area contributed by atoms with Gasteiger partial charge in [-0.2, -0.15) is 0 Å². The fraction of sp³-hybridized carbons (Fsp3) is 0.429. The third kappa shape index (κ3) is 2.33. The Morgan fingerprint density at radius 3 is 1.87 bits per heavy atom. The third-order valence-electron chi connectivity index (χ3n) is 3.65. The molecule has 0 amide bonds. The van der Waals surface area contributed by atoms with Gasteiger partial charge < -0.3 is 0 Å². The highest BCUT2D eigenvalue weighted by Crippen LogP contribution is 2.35. The Morgan fingerprint density at radius 1 is 1.07 bits per heavy atom. The summed E-state index contributed by atoms with van der Waals surface area (Å²) in [7, 11) is -1.39. The van der Waals surface area contributed by atoms with Gasteiger partial charge in [0, 0.05) is 5.56 Å². The van der Waals surface area contributed by atoms with Crippen LogP contribution in [-0.4, -0.2) is 8.07 Å². The Morgan fingerprint density at radius 2 is 1.53 bits per heavy atom. The molecule has 0 unspecified atom stereocenters. The molecule has 0 aliphatic heterocycles. The van der Waals surface area contributed by atoms with Crippen molar-refractivity contribution in [3.05, 3.63) is 29.8 Å². The van der Waals surface area contributed by atoms with Crippen molar-refractivity contribution >= 4 is 13.3 Å². The molecular formula is C14H20Si. The summed E-state index contributed by atoms with van der Waals surface area (Å²) in [5, 5.41) is 1.86. The van der Waals surface area contributed by atoms with Gasteiger partial charge in [-0.25, -0.2) is 0 Å². The first-order valence-electron chi connectivity index (χ1n) is 5.36. The van der Waals surface area contributed by atoms with Crippen LogP contribution >= 0.6 is 0 Å². The summed E-state index contributed by atoms with van der Waals surface area (Å²) in [6.07, 6.45) is 5.36. The van der Waals surface area contributed by atoms with E-state index in [4.69, 9.17) is 6.42 Å². The lowest BCUT2D eigenvalue weighted by Gasteiger charge is -2.37. The number of benzene rings is 1. The van der Waals surface area contributed by atoms with E-state index in [0.717, 1.165) is 5.56 Å². The van der Waals surface area contributed by atoms with Gasteiger partial charge in [-0.15, -0.1) is 6.42 Å². The average molecular weight is 216 g/mol. The van der Waals surface area contributed by atoms with E-state index in [-0.39, 0.29) is 0 Å². The minimum atomic E-state index is -1.39. The predicted molar refractivity (Wildman–Crippen MR) is 71.2 cm³/mol. The Kier molecular flexibility index (Phi) is 3.11. The van der Waals surface area contributed by atoms with E-state index in [1.165, 1.54) is 5.19 Å². The fourth-order valence-corrected chi connectivity index (χ4v) is 3.28. The molecule has 1 rings (SSSR count). The number of rotatable bonds is 1. The second-order valence-electron chi connectivity index (χ2n) is 5.60. The molecule has 0 saturated heterocycles. The number of terminal acetylenes is 1. The maximum Gasteiger partial charge on any atom is 0.0859 e. The van der Waals surface area contributed by atoms with E-state index in [1.807, 2.05) is 0 Å². The van der Waals surface area contributed by atoms with E-state index in [2.05, 4.69) is 64.1 Å². The molecular weight excluding hydrogens is 196 g/mol. The van der Waals surface area contributed by atoms with Crippen molar-refractivity contribution < 1.29 is 0 Å². The van der Waals surface area contributed by atoms with Crippen molar-refractivity contribution in [1.29, 1.82) is 0 Å². The van der Waals surface area contributed by atoms with Crippen molar-refractivity contribution in [2.24, 2.45) is 0 Å². The van der Waals surface area contributed by atoms with Crippen molar-refractivity contribution in [3.8, 4) is 12.3 Å². The summed E-state index contributed by atoms with van der Waals surface area (Å²) in [5.41, 5.74) is 0.970. The van der Waals surface area contributed by atoms with Gasteiger partial charge in [0.05, 0.1) is 8.07 Å². The van der Waals surface area contributed by atoms with Crippen LogP contribution in [0.2, 0.25) is 18.1 Å². The molecule has 0 atom stereocenters. The van der Waals surface area contributed by atoms with Gasteiger partial charge in [-0.1, -0.05) is 57.1 Å². The van der Waals surface area contributed by atoms with Crippen LogP contribution in [0.4, 0.5) is 0 Å². The molecule has 1 aromatic rings. The normalized spacial score (nSPS) is 12.3. The Balaban J connectivity index is 3.13. The topological polar surface area (TPSA) is 0 Å². The molecule has 0 aliphatic carbocycles. The van der Waals surface area contributed by atoms with Gasteiger partial charge in [-0.05, 0) is 17.2 Å².